The third-order valence-corrected chi connectivity index (χ3v) is 4.66. The highest BCUT2D eigenvalue weighted by Crippen LogP contribution is 2.29. The summed E-state index contributed by atoms with van der Waals surface area (Å²) in [4.78, 5) is 24.0. The van der Waals surface area contributed by atoms with Gasteiger partial charge in [0.1, 0.15) is 18.4 Å². The van der Waals surface area contributed by atoms with Crippen LogP contribution in [0, 0.1) is 0 Å². The molecule has 0 unspecified atom stereocenters. The van der Waals surface area contributed by atoms with Gasteiger partial charge in [-0.1, -0.05) is 42.5 Å². The summed E-state index contributed by atoms with van der Waals surface area (Å²) < 4.78 is 43.8. The summed E-state index contributed by atoms with van der Waals surface area (Å²) in [6.45, 7) is 0.345. The Bertz CT molecular complexity index is 1070. The van der Waals surface area contributed by atoms with Crippen molar-refractivity contribution in [1.29, 1.82) is 0 Å². The molecule has 0 aromatic heterocycles. The van der Waals surface area contributed by atoms with Crippen molar-refractivity contribution in [2.75, 3.05) is 0 Å². The standard InChI is InChI=1S/C24H20F3NO4/c25-24(26,27)19-11-9-18(10-12-19)22(29)28-21(23(30)31)14-17-7-4-8-20(13-17)32-15-16-5-2-1-3-6-16/h1-13,21H,14-15H2,(H,28,29)(H,30,31)/t21-/m0/s1. The van der Waals surface area contributed by atoms with Crippen LogP contribution in [0.5, 0.6) is 5.75 Å². The van der Waals surface area contributed by atoms with Crippen LogP contribution in [0.2, 0.25) is 0 Å². The molecule has 3 rings (SSSR count). The lowest BCUT2D eigenvalue weighted by Crippen LogP contribution is -2.42. The number of hydrogen-bond acceptors (Lipinski definition) is 3. The number of amides is 1. The Morgan fingerprint density at radius 3 is 2.19 bits per heavy atom. The average Bonchev–Trinajstić information content (AvgIpc) is 2.77. The van der Waals surface area contributed by atoms with Crippen molar-refractivity contribution in [2.24, 2.45) is 0 Å². The van der Waals surface area contributed by atoms with Gasteiger partial charge < -0.3 is 15.2 Å². The molecule has 166 valence electrons. The SMILES string of the molecule is O=C(N[C@@H](Cc1cccc(OCc2ccccc2)c1)C(=O)O)c1ccc(C(F)(F)F)cc1. The van der Waals surface area contributed by atoms with E-state index in [0.29, 0.717) is 17.9 Å². The lowest BCUT2D eigenvalue weighted by Gasteiger charge is -2.16. The Kier molecular flexibility index (Phi) is 7.14. The number of aliphatic carboxylic acids is 1. The topological polar surface area (TPSA) is 75.6 Å². The molecule has 0 aliphatic rings. The Hall–Kier alpha value is -3.81. The molecule has 0 saturated heterocycles. The fraction of sp³-hybridized carbons (Fsp3) is 0.167. The normalized spacial score (nSPS) is 12.1. The van der Waals surface area contributed by atoms with Crippen molar-refractivity contribution in [3.05, 3.63) is 101 Å². The number of benzene rings is 3. The van der Waals surface area contributed by atoms with Crippen LogP contribution in [0.15, 0.2) is 78.9 Å². The van der Waals surface area contributed by atoms with Crippen LogP contribution in [-0.4, -0.2) is 23.0 Å². The van der Waals surface area contributed by atoms with Gasteiger partial charge in [0.05, 0.1) is 5.56 Å². The van der Waals surface area contributed by atoms with Crippen LogP contribution in [0.4, 0.5) is 13.2 Å². The third kappa shape index (κ3) is 6.34. The number of carbonyl (C=O) groups is 2. The molecule has 0 aliphatic carbocycles. The molecule has 0 bridgehead atoms. The van der Waals surface area contributed by atoms with Crippen molar-refractivity contribution in [3.8, 4) is 5.75 Å². The van der Waals surface area contributed by atoms with Gasteiger partial charge >= 0.3 is 12.1 Å². The van der Waals surface area contributed by atoms with E-state index in [0.717, 1.165) is 29.8 Å². The monoisotopic (exact) mass is 443 g/mol. The Morgan fingerprint density at radius 2 is 1.56 bits per heavy atom. The molecule has 32 heavy (non-hydrogen) atoms. The van der Waals surface area contributed by atoms with Crippen LogP contribution >= 0.6 is 0 Å². The summed E-state index contributed by atoms with van der Waals surface area (Å²) in [6, 6.07) is 18.7. The number of carbonyl (C=O) groups excluding carboxylic acids is 1. The number of carboxylic acid groups (broad SMARTS) is 1. The van der Waals surface area contributed by atoms with E-state index in [9.17, 15) is 27.9 Å². The molecule has 2 N–H and O–H groups in total. The smallest absolute Gasteiger partial charge is 0.416 e. The van der Waals surface area contributed by atoms with Crippen molar-refractivity contribution in [1.82, 2.24) is 5.32 Å². The molecule has 0 spiro atoms. The number of rotatable bonds is 8. The lowest BCUT2D eigenvalue weighted by molar-refractivity contribution is -0.139. The minimum absolute atomic E-state index is 0.0236. The molecular weight excluding hydrogens is 423 g/mol. The Balaban J connectivity index is 1.65. The van der Waals surface area contributed by atoms with Crippen molar-refractivity contribution >= 4 is 11.9 Å². The number of carboxylic acids is 1. The summed E-state index contributed by atoms with van der Waals surface area (Å²) in [5.74, 6) is -1.49. The van der Waals surface area contributed by atoms with Crippen LogP contribution in [0.1, 0.15) is 27.0 Å². The van der Waals surface area contributed by atoms with Gasteiger partial charge in [0.25, 0.3) is 5.91 Å². The van der Waals surface area contributed by atoms with Crippen LogP contribution in [0.25, 0.3) is 0 Å². The van der Waals surface area contributed by atoms with E-state index in [2.05, 4.69) is 5.32 Å². The second-order valence-corrected chi connectivity index (χ2v) is 7.07. The fourth-order valence-electron chi connectivity index (χ4n) is 2.99. The minimum Gasteiger partial charge on any atom is -0.489 e. The predicted molar refractivity (Wildman–Crippen MR) is 111 cm³/mol. The third-order valence-electron chi connectivity index (χ3n) is 4.66. The number of halogens is 3. The maximum absolute atomic E-state index is 12.7. The molecule has 0 radical (unpaired) electrons. The van der Waals surface area contributed by atoms with E-state index in [4.69, 9.17) is 4.74 Å². The lowest BCUT2D eigenvalue weighted by atomic mass is 10.0. The maximum atomic E-state index is 12.7. The van der Waals surface area contributed by atoms with Gasteiger partial charge in [-0.2, -0.15) is 13.2 Å². The van der Waals surface area contributed by atoms with E-state index >= 15 is 0 Å². The van der Waals surface area contributed by atoms with Gasteiger partial charge in [-0.3, -0.25) is 4.79 Å². The Labute approximate surface area is 182 Å². The molecule has 5 nitrogen and oxygen atoms in total. The number of nitrogens with one attached hydrogen (secondary N) is 1. The van der Waals surface area contributed by atoms with E-state index in [1.54, 1.807) is 24.3 Å². The first-order chi connectivity index (χ1) is 15.2. The zero-order chi connectivity index (χ0) is 23.1. The molecule has 1 amide bonds. The Morgan fingerprint density at radius 1 is 0.906 bits per heavy atom. The summed E-state index contributed by atoms with van der Waals surface area (Å²) in [5.41, 5.74) is 0.640. The van der Waals surface area contributed by atoms with E-state index in [1.807, 2.05) is 30.3 Å². The molecule has 0 fully saturated rings. The summed E-state index contributed by atoms with van der Waals surface area (Å²) in [6.07, 6.45) is -4.55. The average molecular weight is 443 g/mol. The molecule has 3 aromatic carbocycles. The van der Waals surface area contributed by atoms with Crippen LogP contribution in [0.3, 0.4) is 0 Å². The highest BCUT2D eigenvalue weighted by molar-refractivity contribution is 5.96. The first kappa shape index (κ1) is 22.9. The molecule has 3 aromatic rings. The second-order valence-electron chi connectivity index (χ2n) is 7.07. The maximum Gasteiger partial charge on any atom is 0.416 e. The van der Waals surface area contributed by atoms with Gasteiger partial charge in [-0.25, -0.2) is 4.79 Å². The quantitative estimate of drug-likeness (QED) is 0.529. The molecule has 8 heteroatoms. The van der Waals surface area contributed by atoms with Crippen LogP contribution in [-0.2, 0) is 24.0 Å². The number of alkyl halides is 3. The highest BCUT2D eigenvalue weighted by atomic mass is 19.4. The van der Waals surface area contributed by atoms with E-state index in [-0.39, 0.29) is 12.0 Å². The first-order valence-corrected chi connectivity index (χ1v) is 9.69. The first-order valence-electron chi connectivity index (χ1n) is 9.69. The fourth-order valence-corrected chi connectivity index (χ4v) is 2.99. The minimum atomic E-state index is -4.52. The van der Waals surface area contributed by atoms with Gasteiger partial charge in [0, 0.05) is 12.0 Å². The zero-order valence-corrected chi connectivity index (χ0v) is 16.8. The molecule has 0 saturated carbocycles. The summed E-state index contributed by atoms with van der Waals surface area (Å²) in [7, 11) is 0. The second kappa shape index (κ2) is 10.00. The number of hydrogen-bond donors (Lipinski definition) is 2. The number of ether oxygens (including phenoxy) is 1. The largest absolute Gasteiger partial charge is 0.489 e. The predicted octanol–water partition coefficient (Wildman–Crippen LogP) is 4.71. The molecular formula is C24H20F3NO4. The summed E-state index contributed by atoms with van der Waals surface area (Å²) >= 11 is 0. The van der Waals surface area contributed by atoms with Gasteiger partial charge in [-0.15, -0.1) is 0 Å². The molecule has 1 atom stereocenters. The zero-order valence-electron chi connectivity index (χ0n) is 16.8. The van der Waals surface area contributed by atoms with Gasteiger partial charge in [0.15, 0.2) is 0 Å². The van der Waals surface area contributed by atoms with E-state index < -0.39 is 29.7 Å². The van der Waals surface area contributed by atoms with Crippen molar-refractivity contribution in [3.63, 3.8) is 0 Å². The van der Waals surface area contributed by atoms with Crippen LogP contribution < -0.4 is 10.1 Å². The van der Waals surface area contributed by atoms with Gasteiger partial charge in [-0.05, 0) is 47.5 Å². The van der Waals surface area contributed by atoms with Crippen molar-refractivity contribution in [2.45, 2.75) is 25.2 Å². The van der Waals surface area contributed by atoms with E-state index in [1.165, 1.54) is 0 Å². The molecule has 0 heterocycles. The van der Waals surface area contributed by atoms with Crippen molar-refractivity contribution < 1.29 is 32.6 Å². The highest BCUT2D eigenvalue weighted by Gasteiger charge is 2.30. The summed E-state index contributed by atoms with van der Waals surface area (Å²) in [5, 5.41) is 11.9. The molecule has 0 aliphatic heterocycles. The van der Waals surface area contributed by atoms with Gasteiger partial charge in [0.2, 0.25) is 0 Å².